The van der Waals surface area contributed by atoms with Crippen molar-refractivity contribution in [2.24, 2.45) is 5.92 Å². The van der Waals surface area contributed by atoms with E-state index >= 15 is 0 Å². The molecule has 1 aliphatic heterocycles. The van der Waals surface area contributed by atoms with Crippen LogP contribution in [0.3, 0.4) is 0 Å². The maximum atomic E-state index is 13.0. The fourth-order valence-corrected chi connectivity index (χ4v) is 3.65. The Labute approximate surface area is 187 Å². The van der Waals surface area contributed by atoms with E-state index in [-0.39, 0.29) is 18.2 Å². The standard InChI is InChI=1S/C25H27N3O4/c29-17-21(16-20-12-7-15-26-24(20)31)27-25(32)23(19-10-5-2-6-11-19)28-22(30)14-13-18-8-3-1-4-9-18/h1-6,8-11,13-14,17,20-21,23H,7,12,15-16H2,(H,26,31)(H,27,32)(H,28,30)/b14-13+/t20-,21-,23-/m0/s1. The molecule has 2 aromatic carbocycles. The topological polar surface area (TPSA) is 104 Å². The third kappa shape index (κ3) is 6.63. The van der Waals surface area contributed by atoms with Crippen LogP contribution in [0.4, 0.5) is 0 Å². The minimum absolute atomic E-state index is 0.101. The molecule has 3 atom stereocenters. The number of hydrogen-bond acceptors (Lipinski definition) is 4. The van der Waals surface area contributed by atoms with E-state index in [1.807, 2.05) is 36.4 Å². The van der Waals surface area contributed by atoms with Crippen LogP contribution in [0, 0.1) is 5.92 Å². The first-order chi connectivity index (χ1) is 15.6. The molecule has 0 unspecified atom stereocenters. The van der Waals surface area contributed by atoms with Gasteiger partial charge in [-0.1, -0.05) is 60.7 Å². The van der Waals surface area contributed by atoms with E-state index in [2.05, 4.69) is 16.0 Å². The van der Waals surface area contributed by atoms with Gasteiger partial charge in [-0.15, -0.1) is 0 Å². The molecular weight excluding hydrogens is 406 g/mol. The SMILES string of the molecule is O=C[C@H](C[C@@H]1CCCNC1=O)NC(=O)[C@@H](NC(=O)/C=C/c1ccccc1)c1ccccc1. The van der Waals surface area contributed by atoms with Gasteiger partial charge in [0.1, 0.15) is 12.3 Å². The van der Waals surface area contributed by atoms with Gasteiger partial charge in [0.25, 0.3) is 0 Å². The summed E-state index contributed by atoms with van der Waals surface area (Å²) in [4.78, 5) is 49.2. The van der Waals surface area contributed by atoms with E-state index in [9.17, 15) is 19.2 Å². The molecule has 0 spiro atoms. The van der Waals surface area contributed by atoms with Crippen LogP contribution in [0.15, 0.2) is 66.7 Å². The first kappa shape index (κ1) is 22.9. The fourth-order valence-electron chi connectivity index (χ4n) is 3.65. The van der Waals surface area contributed by atoms with Crippen LogP contribution in [0.5, 0.6) is 0 Å². The van der Waals surface area contributed by atoms with Crippen LogP contribution >= 0.6 is 0 Å². The number of piperidine rings is 1. The molecule has 0 bridgehead atoms. The number of carbonyl (C=O) groups is 4. The molecule has 3 N–H and O–H groups in total. The zero-order valence-electron chi connectivity index (χ0n) is 17.7. The van der Waals surface area contributed by atoms with Crippen LogP contribution in [-0.4, -0.2) is 36.6 Å². The Morgan fingerprint density at radius 2 is 1.72 bits per heavy atom. The van der Waals surface area contributed by atoms with Crippen molar-refractivity contribution in [1.29, 1.82) is 0 Å². The van der Waals surface area contributed by atoms with Crippen LogP contribution < -0.4 is 16.0 Å². The van der Waals surface area contributed by atoms with E-state index in [0.717, 1.165) is 12.0 Å². The first-order valence-electron chi connectivity index (χ1n) is 10.7. The summed E-state index contributed by atoms with van der Waals surface area (Å²) in [5, 5.41) is 8.18. The van der Waals surface area contributed by atoms with Crippen molar-refractivity contribution in [3.8, 4) is 0 Å². The Kier molecular flexibility index (Phi) is 8.31. The first-order valence-corrected chi connectivity index (χ1v) is 10.7. The average molecular weight is 434 g/mol. The lowest BCUT2D eigenvalue weighted by atomic mass is 9.92. The average Bonchev–Trinajstić information content (AvgIpc) is 2.83. The second-order valence-corrected chi connectivity index (χ2v) is 7.71. The van der Waals surface area contributed by atoms with Crippen molar-refractivity contribution in [2.45, 2.75) is 31.3 Å². The molecule has 3 rings (SSSR count). The van der Waals surface area contributed by atoms with E-state index in [0.29, 0.717) is 24.8 Å². The van der Waals surface area contributed by atoms with Crippen molar-refractivity contribution in [2.75, 3.05) is 6.54 Å². The van der Waals surface area contributed by atoms with Gasteiger partial charge in [-0.2, -0.15) is 0 Å². The predicted octanol–water partition coefficient (Wildman–Crippen LogP) is 2.16. The third-order valence-electron chi connectivity index (χ3n) is 5.34. The highest BCUT2D eigenvalue weighted by Crippen LogP contribution is 2.18. The number of amides is 3. The van der Waals surface area contributed by atoms with Gasteiger partial charge in [0.05, 0.1) is 6.04 Å². The van der Waals surface area contributed by atoms with Crippen LogP contribution in [0.1, 0.15) is 36.4 Å². The number of benzene rings is 2. The zero-order chi connectivity index (χ0) is 22.8. The van der Waals surface area contributed by atoms with Gasteiger partial charge in [-0.3, -0.25) is 14.4 Å². The number of rotatable bonds is 9. The molecule has 1 fully saturated rings. The molecule has 7 nitrogen and oxygen atoms in total. The molecule has 0 saturated carbocycles. The molecule has 166 valence electrons. The van der Waals surface area contributed by atoms with Crippen LogP contribution in [0.25, 0.3) is 6.08 Å². The lowest BCUT2D eigenvalue weighted by molar-refractivity contribution is -0.130. The van der Waals surface area contributed by atoms with Gasteiger partial charge in [-0.25, -0.2) is 0 Å². The van der Waals surface area contributed by atoms with Gasteiger partial charge < -0.3 is 20.7 Å². The normalized spacial score (nSPS) is 17.8. The Hall–Kier alpha value is -3.74. The van der Waals surface area contributed by atoms with Gasteiger partial charge in [0.2, 0.25) is 17.7 Å². The smallest absolute Gasteiger partial charge is 0.247 e. The summed E-state index contributed by atoms with van der Waals surface area (Å²) in [5.74, 6) is -1.37. The number of carbonyl (C=O) groups excluding carboxylic acids is 4. The Morgan fingerprint density at radius 1 is 1.03 bits per heavy atom. The molecule has 1 saturated heterocycles. The molecule has 0 aromatic heterocycles. The monoisotopic (exact) mass is 433 g/mol. The summed E-state index contributed by atoms with van der Waals surface area (Å²) in [7, 11) is 0. The lowest BCUT2D eigenvalue weighted by Gasteiger charge is -2.26. The predicted molar refractivity (Wildman–Crippen MR) is 121 cm³/mol. The van der Waals surface area contributed by atoms with E-state index < -0.39 is 23.9 Å². The second kappa shape index (κ2) is 11.6. The summed E-state index contributed by atoms with van der Waals surface area (Å²) in [6.45, 7) is 0.631. The molecular formula is C25H27N3O4. The maximum Gasteiger partial charge on any atom is 0.247 e. The molecule has 1 heterocycles. The van der Waals surface area contributed by atoms with Crippen molar-refractivity contribution < 1.29 is 19.2 Å². The zero-order valence-corrected chi connectivity index (χ0v) is 17.7. The Morgan fingerprint density at radius 3 is 2.38 bits per heavy atom. The number of nitrogens with one attached hydrogen (secondary N) is 3. The molecule has 1 aliphatic rings. The van der Waals surface area contributed by atoms with E-state index in [1.54, 1.807) is 30.3 Å². The molecule has 3 amide bonds. The second-order valence-electron chi connectivity index (χ2n) is 7.71. The summed E-state index contributed by atoms with van der Waals surface area (Å²) in [5.41, 5.74) is 1.45. The van der Waals surface area contributed by atoms with Crippen molar-refractivity contribution in [3.05, 3.63) is 77.9 Å². The largest absolute Gasteiger partial charge is 0.356 e. The number of hydrogen-bond donors (Lipinski definition) is 3. The Bertz CT molecular complexity index is 960. The van der Waals surface area contributed by atoms with Crippen LogP contribution in [0.2, 0.25) is 0 Å². The van der Waals surface area contributed by atoms with Crippen molar-refractivity contribution in [1.82, 2.24) is 16.0 Å². The molecule has 0 radical (unpaired) electrons. The van der Waals surface area contributed by atoms with Gasteiger partial charge >= 0.3 is 0 Å². The molecule has 2 aromatic rings. The minimum Gasteiger partial charge on any atom is -0.356 e. The summed E-state index contributed by atoms with van der Waals surface area (Å²) in [6.07, 6.45) is 5.40. The summed E-state index contributed by atoms with van der Waals surface area (Å²) < 4.78 is 0. The van der Waals surface area contributed by atoms with Gasteiger partial charge in [0, 0.05) is 18.5 Å². The highest BCUT2D eigenvalue weighted by Gasteiger charge is 2.29. The van der Waals surface area contributed by atoms with Crippen molar-refractivity contribution in [3.63, 3.8) is 0 Å². The lowest BCUT2D eigenvalue weighted by Crippen LogP contribution is -2.47. The quantitative estimate of drug-likeness (QED) is 0.416. The third-order valence-corrected chi connectivity index (χ3v) is 5.34. The maximum absolute atomic E-state index is 13.0. The Balaban J connectivity index is 1.69. The molecule has 0 aliphatic carbocycles. The number of aldehydes is 1. The minimum atomic E-state index is -0.980. The summed E-state index contributed by atoms with van der Waals surface area (Å²) >= 11 is 0. The molecule has 7 heteroatoms. The fraction of sp³-hybridized carbons (Fsp3) is 0.280. The molecule has 32 heavy (non-hydrogen) atoms. The highest BCUT2D eigenvalue weighted by atomic mass is 16.2. The highest BCUT2D eigenvalue weighted by molar-refractivity contribution is 5.96. The van der Waals surface area contributed by atoms with Crippen molar-refractivity contribution >= 4 is 30.1 Å². The van der Waals surface area contributed by atoms with Crippen LogP contribution in [-0.2, 0) is 19.2 Å². The van der Waals surface area contributed by atoms with E-state index in [4.69, 9.17) is 0 Å². The summed E-state index contributed by atoms with van der Waals surface area (Å²) in [6, 6.07) is 16.4. The van der Waals surface area contributed by atoms with Gasteiger partial charge in [0.15, 0.2) is 0 Å². The van der Waals surface area contributed by atoms with Gasteiger partial charge in [-0.05, 0) is 36.5 Å². The van der Waals surface area contributed by atoms with E-state index in [1.165, 1.54) is 6.08 Å².